The normalized spacial score (nSPS) is 9.95. The van der Waals surface area contributed by atoms with Crippen LogP contribution in [0.3, 0.4) is 0 Å². The first kappa shape index (κ1) is 15.5. The van der Waals surface area contributed by atoms with Crippen molar-refractivity contribution in [1.29, 1.82) is 5.26 Å². The van der Waals surface area contributed by atoms with E-state index in [2.05, 4.69) is 0 Å². The smallest absolute Gasteiger partial charge is 0.255 e. The molecule has 0 saturated carbocycles. The number of hydrogen-bond acceptors (Lipinski definition) is 5. The Kier molecular flexibility index (Phi) is 6.97. The number of hydrogen-bond donors (Lipinski definition) is 2. The van der Waals surface area contributed by atoms with Crippen LogP contribution in [0.2, 0.25) is 0 Å². The van der Waals surface area contributed by atoms with Crippen molar-refractivity contribution in [3.63, 3.8) is 0 Å². The fourth-order valence-electron chi connectivity index (χ4n) is 1.61. The molecule has 1 aromatic rings. The van der Waals surface area contributed by atoms with E-state index in [4.69, 9.17) is 15.5 Å². The van der Waals surface area contributed by atoms with Crippen molar-refractivity contribution < 1.29 is 15.0 Å². The Morgan fingerprint density at radius 3 is 2.47 bits per heavy atom. The van der Waals surface area contributed by atoms with Crippen molar-refractivity contribution >= 4 is 17.7 Å². The Hall–Kier alpha value is -1.55. The van der Waals surface area contributed by atoms with Gasteiger partial charge in [-0.05, 0) is 12.1 Å². The van der Waals surface area contributed by atoms with E-state index in [0.29, 0.717) is 5.56 Å². The summed E-state index contributed by atoms with van der Waals surface area (Å²) in [4.78, 5) is 14.4. The number of aliphatic hydroxyl groups excluding tert-OH is 2. The summed E-state index contributed by atoms with van der Waals surface area (Å²) in [6, 6.07) is 9.04. The lowest BCUT2D eigenvalue weighted by Gasteiger charge is -2.21. The zero-order chi connectivity index (χ0) is 14.1. The number of nitriles is 1. The number of thioether (sulfide) groups is 1. The van der Waals surface area contributed by atoms with Crippen molar-refractivity contribution in [3.8, 4) is 6.07 Å². The summed E-state index contributed by atoms with van der Waals surface area (Å²) in [6.45, 7) is 0.0474. The highest BCUT2D eigenvalue weighted by Gasteiger charge is 2.17. The molecule has 6 heteroatoms. The third-order valence-electron chi connectivity index (χ3n) is 2.44. The van der Waals surface area contributed by atoms with Gasteiger partial charge in [-0.15, -0.1) is 11.8 Å². The van der Waals surface area contributed by atoms with E-state index in [1.807, 2.05) is 6.07 Å². The van der Waals surface area contributed by atoms with E-state index in [1.165, 1.54) is 16.7 Å². The lowest BCUT2D eigenvalue weighted by Crippen LogP contribution is -2.36. The van der Waals surface area contributed by atoms with Crippen molar-refractivity contribution in [3.05, 3.63) is 29.8 Å². The van der Waals surface area contributed by atoms with Crippen LogP contribution in [0.1, 0.15) is 10.4 Å². The molecule has 0 aromatic heterocycles. The number of benzene rings is 1. The average Bonchev–Trinajstić information content (AvgIpc) is 2.44. The van der Waals surface area contributed by atoms with Crippen molar-refractivity contribution in [2.24, 2.45) is 0 Å². The quantitative estimate of drug-likeness (QED) is 0.719. The van der Waals surface area contributed by atoms with Gasteiger partial charge in [-0.2, -0.15) is 5.26 Å². The summed E-state index contributed by atoms with van der Waals surface area (Å²) in [5.74, 6) is 0.0220. The van der Waals surface area contributed by atoms with Crippen LogP contribution in [-0.2, 0) is 0 Å². The highest BCUT2D eigenvalue weighted by Crippen LogP contribution is 2.23. The van der Waals surface area contributed by atoms with Crippen molar-refractivity contribution in [2.45, 2.75) is 4.90 Å². The predicted octanol–water partition coefficient (Wildman–Crippen LogP) is 0.729. The van der Waals surface area contributed by atoms with E-state index >= 15 is 0 Å². The highest BCUT2D eigenvalue weighted by molar-refractivity contribution is 7.99. The van der Waals surface area contributed by atoms with E-state index in [0.717, 1.165) is 4.90 Å². The molecule has 102 valence electrons. The summed E-state index contributed by atoms with van der Waals surface area (Å²) < 4.78 is 0. The van der Waals surface area contributed by atoms with Gasteiger partial charge in [0.05, 0.1) is 30.6 Å². The second kappa shape index (κ2) is 8.53. The minimum atomic E-state index is -0.246. The molecule has 0 aliphatic rings. The summed E-state index contributed by atoms with van der Waals surface area (Å²) in [6.07, 6.45) is 0. The minimum Gasteiger partial charge on any atom is -0.395 e. The molecule has 0 heterocycles. The number of aliphatic hydroxyl groups is 2. The first-order chi connectivity index (χ1) is 9.24. The maximum Gasteiger partial charge on any atom is 0.255 e. The van der Waals surface area contributed by atoms with Crippen LogP contribution in [0, 0.1) is 11.3 Å². The highest BCUT2D eigenvalue weighted by atomic mass is 32.2. The third kappa shape index (κ3) is 4.56. The lowest BCUT2D eigenvalue weighted by atomic mass is 10.2. The molecule has 0 unspecified atom stereocenters. The number of nitrogens with zero attached hydrogens (tertiary/aromatic N) is 2. The number of rotatable bonds is 7. The monoisotopic (exact) mass is 280 g/mol. The predicted molar refractivity (Wildman–Crippen MR) is 72.9 cm³/mol. The van der Waals surface area contributed by atoms with E-state index < -0.39 is 0 Å². The van der Waals surface area contributed by atoms with Crippen LogP contribution in [-0.4, -0.2) is 53.1 Å². The van der Waals surface area contributed by atoms with Gasteiger partial charge in [0, 0.05) is 18.0 Å². The SMILES string of the molecule is N#CCSc1ccccc1C(=O)N(CCO)CCO. The number of carbonyl (C=O) groups is 1. The zero-order valence-electron chi connectivity index (χ0n) is 10.5. The number of carbonyl (C=O) groups excluding carboxylic acids is 1. The molecule has 0 radical (unpaired) electrons. The van der Waals surface area contributed by atoms with E-state index in [-0.39, 0.29) is 38.0 Å². The Bertz CT molecular complexity index is 453. The topological polar surface area (TPSA) is 84.6 Å². The fourth-order valence-corrected chi connectivity index (χ4v) is 2.31. The summed E-state index contributed by atoms with van der Waals surface area (Å²) >= 11 is 1.30. The van der Waals surface area contributed by atoms with Gasteiger partial charge in [0.25, 0.3) is 5.91 Å². The zero-order valence-corrected chi connectivity index (χ0v) is 11.3. The summed E-state index contributed by atoms with van der Waals surface area (Å²) in [7, 11) is 0. The molecule has 5 nitrogen and oxygen atoms in total. The van der Waals surface area contributed by atoms with E-state index in [9.17, 15) is 4.79 Å². The minimum absolute atomic E-state index is 0.154. The first-order valence-corrected chi connectivity index (χ1v) is 6.83. The molecule has 1 amide bonds. The molecule has 0 aliphatic heterocycles. The largest absolute Gasteiger partial charge is 0.395 e. The van der Waals surface area contributed by atoms with Gasteiger partial charge in [0.15, 0.2) is 0 Å². The van der Waals surface area contributed by atoms with E-state index in [1.54, 1.807) is 24.3 Å². The van der Waals surface area contributed by atoms with Gasteiger partial charge >= 0.3 is 0 Å². The van der Waals surface area contributed by atoms with Crippen molar-refractivity contribution in [1.82, 2.24) is 4.90 Å². The molecular formula is C13H16N2O3S. The maximum atomic E-state index is 12.3. The Morgan fingerprint density at radius 2 is 1.89 bits per heavy atom. The molecule has 0 aliphatic carbocycles. The second-order valence-electron chi connectivity index (χ2n) is 3.68. The molecule has 0 spiro atoms. The van der Waals surface area contributed by atoms with Gasteiger partial charge in [-0.25, -0.2) is 0 Å². The number of amides is 1. The molecule has 1 rings (SSSR count). The van der Waals surface area contributed by atoms with Crippen LogP contribution >= 0.6 is 11.8 Å². The molecule has 0 saturated heterocycles. The molecule has 0 fully saturated rings. The standard InChI is InChI=1S/C13H16N2O3S/c14-5-10-19-12-4-2-1-3-11(12)13(18)15(6-8-16)7-9-17/h1-4,16-17H,6-10H2. The van der Waals surface area contributed by atoms with Crippen molar-refractivity contribution in [2.75, 3.05) is 32.1 Å². The van der Waals surface area contributed by atoms with Gasteiger partial charge in [0.2, 0.25) is 0 Å². The van der Waals surface area contributed by atoms with Crippen LogP contribution in [0.15, 0.2) is 29.2 Å². The Morgan fingerprint density at radius 1 is 1.26 bits per heavy atom. The molecule has 0 bridgehead atoms. The van der Waals surface area contributed by atoms with Crippen LogP contribution in [0.25, 0.3) is 0 Å². The average molecular weight is 280 g/mol. The molecule has 19 heavy (non-hydrogen) atoms. The van der Waals surface area contributed by atoms with Crippen LogP contribution < -0.4 is 0 Å². The van der Waals surface area contributed by atoms with Crippen LogP contribution in [0.4, 0.5) is 0 Å². The molecule has 0 atom stereocenters. The van der Waals surface area contributed by atoms with Gasteiger partial charge in [-0.3, -0.25) is 4.79 Å². The second-order valence-corrected chi connectivity index (χ2v) is 4.70. The molecule has 1 aromatic carbocycles. The summed E-state index contributed by atoms with van der Waals surface area (Å²) in [5.41, 5.74) is 0.490. The van der Waals surface area contributed by atoms with Gasteiger partial charge in [0.1, 0.15) is 0 Å². The van der Waals surface area contributed by atoms with Gasteiger partial charge in [-0.1, -0.05) is 12.1 Å². The first-order valence-electron chi connectivity index (χ1n) is 5.84. The van der Waals surface area contributed by atoms with Gasteiger partial charge < -0.3 is 15.1 Å². The third-order valence-corrected chi connectivity index (χ3v) is 3.38. The molecule has 2 N–H and O–H groups in total. The van der Waals surface area contributed by atoms with Crippen LogP contribution in [0.5, 0.6) is 0 Å². The Labute approximate surface area is 116 Å². The molecular weight excluding hydrogens is 264 g/mol. The maximum absolute atomic E-state index is 12.3. The lowest BCUT2D eigenvalue weighted by molar-refractivity contribution is 0.0681. The summed E-state index contributed by atoms with van der Waals surface area (Å²) in [5, 5.41) is 26.5. The fraction of sp³-hybridized carbons (Fsp3) is 0.385. The Balaban J connectivity index is 2.93.